The smallest absolute Gasteiger partial charge is 0.227 e. The number of halogens is 2. The molecule has 3 heterocycles. The first-order valence-electron chi connectivity index (χ1n) is 7.42. The van der Waals surface area contributed by atoms with Crippen molar-refractivity contribution in [3.05, 3.63) is 60.3 Å². The fourth-order valence-electron chi connectivity index (χ4n) is 2.49. The van der Waals surface area contributed by atoms with E-state index in [0.717, 1.165) is 12.3 Å². The number of nitrogens with zero attached hydrogens (tertiary/aromatic N) is 5. The van der Waals surface area contributed by atoms with Gasteiger partial charge in [0, 0.05) is 17.3 Å². The lowest BCUT2D eigenvalue weighted by atomic mass is 10.1. The molecule has 2 N–H and O–H groups in total. The molecule has 7 nitrogen and oxygen atoms in total. The first-order chi connectivity index (χ1) is 12.6. The van der Waals surface area contributed by atoms with Crippen molar-refractivity contribution >= 4 is 22.7 Å². The molecule has 0 bridgehead atoms. The Bertz CT molecular complexity index is 1150. The molecule has 126 valence electrons. The van der Waals surface area contributed by atoms with Gasteiger partial charge in [-0.1, -0.05) is 0 Å². The summed E-state index contributed by atoms with van der Waals surface area (Å²) < 4.78 is 27.4. The lowest BCUT2D eigenvalue weighted by molar-refractivity contribution is 0.576. The molecule has 0 radical (unpaired) electrons. The van der Waals surface area contributed by atoms with Crippen LogP contribution in [-0.4, -0.2) is 24.9 Å². The van der Waals surface area contributed by atoms with E-state index < -0.39 is 11.6 Å². The van der Waals surface area contributed by atoms with E-state index in [4.69, 9.17) is 5.26 Å². The van der Waals surface area contributed by atoms with Crippen LogP contribution in [0, 0.1) is 23.0 Å². The molecule has 4 aromatic rings. The highest BCUT2D eigenvalue weighted by molar-refractivity contribution is 5.94. The van der Waals surface area contributed by atoms with Crippen LogP contribution in [0.15, 0.2) is 43.1 Å². The van der Waals surface area contributed by atoms with E-state index in [1.54, 1.807) is 12.1 Å². The minimum Gasteiger partial charge on any atom is -0.345 e. The average Bonchev–Trinajstić information content (AvgIpc) is 3.10. The zero-order chi connectivity index (χ0) is 18.1. The Morgan fingerprint density at radius 1 is 1.00 bits per heavy atom. The van der Waals surface area contributed by atoms with Crippen LogP contribution in [0.3, 0.4) is 0 Å². The van der Waals surface area contributed by atoms with Gasteiger partial charge in [-0.25, -0.2) is 23.7 Å². The number of imidazole rings is 1. The van der Waals surface area contributed by atoms with E-state index in [-0.39, 0.29) is 11.6 Å². The Labute approximate surface area is 145 Å². The van der Waals surface area contributed by atoms with Crippen molar-refractivity contribution in [2.45, 2.75) is 0 Å². The van der Waals surface area contributed by atoms with Gasteiger partial charge in [0.15, 0.2) is 5.82 Å². The molecular formula is C17H9F2N7. The van der Waals surface area contributed by atoms with Crippen molar-refractivity contribution in [1.29, 1.82) is 5.26 Å². The Hall–Kier alpha value is -3.93. The van der Waals surface area contributed by atoms with Gasteiger partial charge in [0.2, 0.25) is 5.95 Å². The van der Waals surface area contributed by atoms with E-state index in [1.165, 1.54) is 18.7 Å². The van der Waals surface area contributed by atoms with Crippen LogP contribution in [0.1, 0.15) is 5.56 Å². The number of benzene rings is 1. The van der Waals surface area contributed by atoms with Crippen molar-refractivity contribution in [3.63, 3.8) is 0 Å². The maximum atomic E-state index is 14.2. The van der Waals surface area contributed by atoms with E-state index in [2.05, 4.69) is 30.2 Å². The van der Waals surface area contributed by atoms with Gasteiger partial charge in [0.05, 0.1) is 41.5 Å². The molecule has 0 atom stereocenters. The van der Waals surface area contributed by atoms with Crippen LogP contribution in [0.2, 0.25) is 0 Å². The molecule has 0 unspecified atom stereocenters. The van der Waals surface area contributed by atoms with E-state index in [9.17, 15) is 8.78 Å². The molecule has 0 fully saturated rings. The number of fused-ring (bicyclic) bond motifs is 1. The first kappa shape index (κ1) is 15.6. The number of rotatable bonds is 3. The zero-order valence-corrected chi connectivity index (χ0v) is 13.0. The fourth-order valence-corrected chi connectivity index (χ4v) is 2.49. The van der Waals surface area contributed by atoms with Crippen molar-refractivity contribution in [3.8, 4) is 17.3 Å². The van der Waals surface area contributed by atoms with Gasteiger partial charge >= 0.3 is 0 Å². The molecule has 0 saturated carbocycles. The molecule has 0 saturated heterocycles. The van der Waals surface area contributed by atoms with Gasteiger partial charge in [-0.05, 0) is 12.1 Å². The molecule has 0 aliphatic carbocycles. The highest BCUT2D eigenvalue weighted by atomic mass is 19.1. The van der Waals surface area contributed by atoms with Crippen molar-refractivity contribution in [1.82, 2.24) is 24.9 Å². The molecule has 1 aromatic carbocycles. The Kier molecular flexibility index (Phi) is 3.70. The summed E-state index contributed by atoms with van der Waals surface area (Å²) in [6, 6.07) is 6.07. The Morgan fingerprint density at radius 2 is 1.81 bits per heavy atom. The first-order valence-corrected chi connectivity index (χ1v) is 7.42. The van der Waals surface area contributed by atoms with Crippen LogP contribution in [0.25, 0.3) is 22.3 Å². The number of pyridine rings is 1. The molecule has 26 heavy (non-hydrogen) atoms. The third kappa shape index (κ3) is 2.80. The van der Waals surface area contributed by atoms with E-state index in [1.807, 2.05) is 6.07 Å². The SMILES string of the molecule is N#Cc1cnc(Nc2cc(-c3ncc(F)cc3F)c3nc[nH]c3c2)nc1. The molecule has 9 heteroatoms. The predicted molar refractivity (Wildman–Crippen MR) is 89.3 cm³/mol. The number of aromatic amines is 1. The molecule has 0 aliphatic rings. The quantitative estimate of drug-likeness (QED) is 0.588. The number of nitriles is 1. The number of H-pyrrole nitrogens is 1. The second kappa shape index (κ2) is 6.18. The largest absolute Gasteiger partial charge is 0.345 e. The average molecular weight is 349 g/mol. The molecular weight excluding hydrogens is 340 g/mol. The van der Waals surface area contributed by atoms with Gasteiger partial charge in [0.1, 0.15) is 17.6 Å². The van der Waals surface area contributed by atoms with Crippen molar-refractivity contribution in [2.24, 2.45) is 0 Å². The summed E-state index contributed by atoms with van der Waals surface area (Å²) in [5.74, 6) is -1.28. The monoisotopic (exact) mass is 349 g/mol. The molecule has 3 aromatic heterocycles. The number of hydrogen-bond acceptors (Lipinski definition) is 6. The normalized spacial score (nSPS) is 10.7. The van der Waals surface area contributed by atoms with Crippen LogP contribution in [-0.2, 0) is 0 Å². The molecule has 0 spiro atoms. The van der Waals surface area contributed by atoms with Gasteiger partial charge in [-0.2, -0.15) is 5.26 Å². The van der Waals surface area contributed by atoms with Gasteiger partial charge in [-0.3, -0.25) is 4.98 Å². The van der Waals surface area contributed by atoms with Crippen LogP contribution >= 0.6 is 0 Å². The summed E-state index contributed by atoms with van der Waals surface area (Å²) in [7, 11) is 0. The summed E-state index contributed by atoms with van der Waals surface area (Å²) in [5, 5.41) is 11.8. The van der Waals surface area contributed by atoms with Crippen molar-refractivity contribution in [2.75, 3.05) is 5.32 Å². The molecule has 4 rings (SSSR count). The van der Waals surface area contributed by atoms with Crippen LogP contribution in [0.4, 0.5) is 20.4 Å². The second-order valence-corrected chi connectivity index (χ2v) is 5.34. The number of nitrogens with one attached hydrogen (secondary N) is 2. The second-order valence-electron chi connectivity index (χ2n) is 5.34. The van der Waals surface area contributed by atoms with Crippen LogP contribution in [0.5, 0.6) is 0 Å². The number of hydrogen-bond donors (Lipinski definition) is 2. The van der Waals surface area contributed by atoms with Gasteiger partial charge in [0.25, 0.3) is 0 Å². The third-order valence-electron chi connectivity index (χ3n) is 3.62. The summed E-state index contributed by atoms with van der Waals surface area (Å²) in [6.45, 7) is 0. The predicted octanol–water partition coefficient (Wildman–Crippen LogP) is 3.31. The van der Waals surface area contributed by atoms with E-state index in [0.29, 0.717) is 27.8 Å². The minimum atomic E-state index is -0.791. The maximum absolute atomic E-state index is 14.2. The van der Waals surface area contributed by atoms with Gasteiger partial charge in [-0.15, -0.1) is 0 Å². The minimum absolute atomic E-state index is 0.0205. The molecule has 0 amide bonds. The number of anilines is 2. The summed E-state index contributed by atoms with van der Waals surface area (Å²) in [4.78, 5) is 19.0. The zero-order valence-electron chi connectivity index (χ0n) is 13.0. The lowest BCUT2D eigenvalue weighted by Crippen LogP contribution is -1.99. The summed E-state index contributed by atoms with van der Waals surface area (Å²) in [6.07, 6.45) is 5.18. The van der Waals surface area contributed by atoms with E-state index >= 15 is 0 Å². The van der Waals surface area contributed by atoms with Crippen molar-refractivity contribution < 1.29 is 8.78 Å². The summed E-state index contributed by atoms with van der Waals surface area (Å²) in [5.41, 5.74) is 2.37. The maximum Gasteiger partial charge on any atom is 0.227 e. The fraction of sp³-hybridized carbons (Fsp3) is 0. The summed E-state index contributed by atoms with van der Waals surface area (Å²) >= 11 is 0. The van der Waals surface area contributed by atoms with Gasteiger partial charge < -0.3 is 10.3 Å². The lowest BCUT2D eigenvalue weighted by Gasteiger charge is -2.09. The highest BCUT2D eigenvalue weighted by Gasteiger charge is 2.15. The Morgan fingerprint density at radius 3 is 2.54 bits per heavy atom. The number of aromatic nitrogens is 5. The standard InChI is InChI=1S/C17H9F2N7/c18-10-1-13(19)15(21-7-10)12-2-11(3-14-16(12)25-8-24-14)26-17-22-5-9(4-20)6-23-17/h1-3,5-8H,(H,24,25)(H,22,23,26). The third-order valence-corrected chi connectivity index (χ3v) is 3.62. The van der Waals surface area contributed by atoms with Crippen LogP contribution < -0.4 is 5.32 Å². The topological polar surface area (TPSA) is 103 Å². The highest BCUT2D eigenvalue weighted by Crippen LogP contribution is 2.31. The molecule has 0 aliphatic heterocycles. The Balaban J connectivity index is 1.80.